The molecule has 1 unspecified atom stereocenters. The molecule has 1 atom stereocenters. The first-order valence-electron chi connectivity index (χ1n) is 6.26. The maximum atomic E-state index is 11.5. The van der Waals surface area contributed by atoms with E-state index in [1.54, 1.807) is 0 Å². The number of carbonyl (C=O) groups is 1. The fraction of sp³-hybridized carbons (Fsp3) is 0.500. The lowest BCUT2D eigenvalue weighted by Crippen LogP contribution is -2.41. The predicted molar refractivity (Wildman–Crippen MR) is 70.8 cm³/mol. The first kappa shape index (κ1) is 13.7. The molecule has 1 aromatic carbocycles. The molecule has 3 nitrogen and oxygen atoms in total. The minimum absolute atomic E-state index is 0.0569. The van der Waals surface area contributed by atoms with E-state index in [0.717, 1.165) is 13.0 Å². The van der Waals surface area contributed by atoms with Gasteiger partial charge in [0.25, 0.3) is 0 Å². The molecule has 1 amide bonds. The lowest BCUT2D eigenvalue weighted by atomic mass is 10.1. The maximum absolute atomic E-state index is 11.5. The van der Waals surface area contributed by atoms with Crippen LogP contribution in [0, 0.1) is 0 Å². The summed E-state index contributed by atoms with van der Waals surface area (Å²) in [5, 5.41) is 6.05. The summed E-state index contributed by atoms with van der Waals surface area (Å²) in [6, 6.07) is 8.17. The fourth-order valence-corrected chi connectivity index (χ4v) is 1.76. The Morgan fingerprint density at radius 2 is 1.88 bits per heavy atom. The largest absolute Gasteiger partial charge is 0.355 e. The third-order valence-electron chi connectivity index (χ3n) is 2.84. The van der Waals surface area contributed by atoms with Gasteiger partial charge in [-0.3, -0.25) is 4.79 Å². The molecular weight excluding hydrogens is 212 g/mol. The minimum Gasteiger partial charge on any atom is -0.355 e. The van der Waals surface area contributed by atoms with Crippen LogP contribution in [0.15, 0.2) is 24.3 Å². The Kier molecular flexibility index (Phi) is 5.70. The number of likely N-dealkylation sites (N-methyl/N-ethyl adjacent to an activating group) is 1. The fourth-order valence-electron chi connectivity index (χ4n) is 1.76. The minimum atomic E-state index is -0.153. The molecule has 0 aliphatic carbocycles. The van der Waals surface area contributed by atoms with Gasteiger partial charge in [0.15, 0.2) is 0 Å². The van der Waals surface area contributed by atoms with Crippen molar-refractivity contribution in [1.82, 2.24) is 10.6 Å². The second-order valence-electron chi connectivity index (χ2n) is 4.12. The van der Waals surface area contributed by atoms with E-state index >= 15 is 0 Å². The Morgan fingerprint density at radius 3 is 2.47 bits per heavy atom. The number of nitrogens with one attached hydrogen (secondary N) is 2. The number of amides is 1. The quantitative estimate of drug-likeness (QED) is 0.789. The van der Waals surface area contributed by atoms with Crippen LogP contribution in [0.1, 0.15) is 31.9 Å². The van der Waals surface area contributed by atoms with Crippen molar-refractivity contribution >= 4 is 5.91 Å². The first-order chi connectivity index (χ1) is 8.19. The van der Waals surface area contributed by atoms with E-state index in [1.165, 1.54) is 11.1 Å². The van der Waals surface area contributed by atoms with E-state index in [-0.39, 0.29) is 11.9 Å². The van der Waals surface area contributed by atoms with Gasteiger partial charge in [0, 0.05) is 13.1 Å². The zero-order valence-electron chi connectivity index (χ0n) is 10.9. The third-order valence-corrected chi connectivity index (χ3v) is 2.84. The van der Waals surface area contributed by atoms with E-state index < -0.39 is 0 Å². The highest BCUT2D eigenvalue weighted by molar-refractivity contribution is 5.81. The first-order valence-corrected chi connectivity index (χ1v) is 6.26. The van der Waals surface area contributed by atoms with Crippen LogP contribution in [-0.2, 0) is 17.8 Å². The van der Waals surface area contributed by atoms with E-state index in [9.17, 15) is 4.79 Å². The summed E-state index contributed by atoms with van der Waals surface area (Å²) in [5.74, 6) is 0.0569. The Morgan fingerprint density at radius 1 is 1.24 bits per heavy atom. The molecule has 94 valence electrons. The number of aryl methyl sites for hydroxylation is 1. The van der Waals surface area contributed by atoms with Gasteiger partial charge >= 0.3 is 0 Å². The summed E-state index contributed by atoms with van der Waals surface area (Å²) in [7, 11) is 0. The monoisotopic (exact) mass is 234 g/mol. The average molecular weight is 234 g/mol. The molecule has 0 radical (unpaired) electrons. The van der Waals surface area contributed by atoms with Crippen LogP contribution in [0.5, 0.6) is 0 Å². The molecule has 1 aromatic rings. The van der Waals surface area contributed by atoms with Crippen molar-refractivity contribution in [3.05, 3.63) is 35.4 Å². The van der Waals surface area contributed by atoms with Crippen molar-refractivity contribution in [2.24, 2.45) is 0 Å². The Bertz CT molecular complexity index is 363. The second kappa shape index (κ2) is 7.07. The number of carbonyl (C=O) groups excluding carboxylic acids is 1. The Balaban J connectivity index is 2.52. The molecule has 1 rings (SSSR count). The summed E-state index contributed by atoms with van der Waals surface area (Å²) < 4.78 is 0. The van der Waals surface area contributed by atoms with E-state index in [0.29, 0.717) is 6.54 Å². The lowest BCUT2D eigenvalue weighted by molar-refractivity contribution is -0.122. The molecule has 0 fully saturated rings. The van der Waals surface area contributed by atoms with Gasteiger partial charge in [-0.15, -0.1) is 0 Å². The number of hydrogen-bond donors (Lipinski definition) is 2. The highest BCUT2D eigenvalue weighted by atomic mass is 16.2. The van der Waals surface area contributed by atoms with E-state index in [1.807, 2.05) is 19.9 Å². The molecule has 0 saturated carbocycles. The molecule has 0 spiro atoms. The second-order valence-corrected chi connectivity index (χ2v) is 4.12. The molecule has 0 aliphatic rings. The van der Waals surface area contributed by atoms with Crippen molar-refractivity contribution < 1.29 is 4.79 Å². The Labute approximate surface area is 104 Å². The number of hydrogen-bond acceptors (Lipinski definition) is 2. The van der Waals surface area contributed by atoms with Crippen molar-refractivity contribution in [1.29, 1.82) is 0 Å². The van der Waals surface area contributed by atoms with Gasteiger partial charge in [0.05, 0.1) is 6.04 Å². The number of benzene rings is 1. The van der Waals surface area contributed by atoms with Gasteiger partial charge in [-0.1, -0.05) is 31.2 Å². The van der Waals surface area contributed by atoms with Crippen LogP contribution in [-0.4, -0.2) is 18.5 Å². The van der Waals surface area contributed by atoms with Gasteiger partial charge in [-0.2, -0.15) is 0 Å². The lowest BCUT2D eigenvalue weighted by Gasteiger charge is -2.14. The van der Waals surface area contributed by atoms with Crippen molar-refractivity contribution in [3.63, 3.8) is 0 Å². The van der Waals surface area contributed by atoms with Crippen molar-refractivity contribution in [2.75, 3.05) is 6.54 Å². The van der Waals surface area contributed by atoms with Gasteiger partial charge < -0.3 is 10.6 Å². The van der Waals surface area contributed by atoms with Gasteiger partial charge in [-0.25, -0.2) is 0 Å². The van der Waals surface area contributed by atoms with Crippen LogP contribution in [0.3, 0.4) is 0 Å². The normalized spacial score (nSPS) is 12.2. The predicted octanol–water partition coefficient (Wildman–Crippen LogP) is 1.86. The van der Waals surface area contributed by atoms with Crippen LogP contribution >= 0.6 is 0 Å². The van der Waals surface area contributed by atoms with Crippen LogP contribution < -0.4 is 10.6 Å². The molecular formula is C14H22N2O. The topological polar surface area (TPSA) is 41.1 Å². The molecule has 0 aliphatic heterocycles. The van der Waals surface area contributed by atoms with Crippen molar-refractivity contribution in [3.8, 4) is 0 Å². The molecule has 2 N–H and O–H groups in total. The van der Waals surface area contributed by atoms with Gasteiger partial charge in [-0.05, 0) is 31.4 Å². The average Bonchev–Trinajstić information content (AvgIpc) is 2.36. The summed E-state index contributed by atoms with van der Waals surface area (Å²) in [4.78, 5) is 11.5. The summed E-state index contributed by atoms with van der Waals surface area (Å²) in [6.07, 6.45) is 1.02. The van der Waals surface area contributed by atoms with Gasteiger partial charge in [0.1, 0.15) is 0 Å². The zero-order chi connectivity index (χ0) is 12.7. The van der Waals surface area contributed by atoms with E-state index in [2.05, 4.69) is 35.8 Å². The molecule has 3 heteroatoms. The summed E-state index contributed by atoms with van der Waals surface area (Å²) >= 11 is 0. The zero-order valence-corrected chi connectivity index (χ0v) is 10.9. The summed E-state index contributed by atoms with van der Waals surface area (Å²) in [5.41, 5.74) is 2.61. The molecule has 0 heterocycles. The van der Waals surface area contributed by atoms with E-state index in [4.69, 9.17) is 0 Å². The van der Waals surface area contributed by atoms with Crippen LogP contribution in [0.2, 0.25) is 0 Å². The molecule has 0 bridgehead atoms. The molecule has 0 saturated heterocycles. The SMILES string of the molecule is CCNC(=O)C(C)NCc1ccccc1CC. The van der Waals surface area contributed by atoms with Crippen LogP contribution in [0.25, 0.3) is 0 Å². The third kappa shape index (κ3) is 4.19. The van der Waals surface area contributed by atoms with Crippen LogP contribution in [0.4, 0.5) is 0 Å². The maximum Gasteiger partial charge on any atom is 0.236 e. The highest BCUT2D eigenvalue weighted by Gasteiger charge is 2.11. The smallest absolute Gasteiger partial charge is 0.236 e. The number of rotatable bonds is 6. The molecule has 17 heavy (non-hydrogen) atoms. The molecule has 0 aromatic heterocycles. The van der Waals surface area contributed by atoms with Gasteiger partial charge in [0.2, 0.25) is 5.91 Å². The highest BCUT2D eigenvalue weighted by Crippen LogP contribution is 2.09. The Hall–Kier alpha value is -1.35. The van der Waals surface area contributed by atoms with Crippen molar-refractivity contribution in [2.45, 2.75) is 39.8 Å². The standard InChI is InChI=1S/C14H22N2O/c1-4-12-8-6-7-9-13(12)10-16-11(3)14(17)15-5-2/h6-9,11,16H,4-5,10H2,1-3H3,(H,15,17). The summed E-state index contributed by atoms with van der Waals surface area (Å²) in [6.45, 7) is 7.38.